The summed E-state index contributed by atoms with van der Waals surface area (Å²) in [5.41, 5.74) is 0.619. The molecule has 114 valence electrons. The van der Waals surface area contributed by atoms with E-state index in [0.717, 1.165) is 37.9 Å². The summed E-state index contributed by atoms with van der Waals surface area (Å²) in [6.07, 6.45) is 8.75. The minimum atomic E-state index is 0.124. The normalized spacial score (nSPS) is 17.6. The molecular formula is C16H21ClN2O2. The first-order chi connectivity index (χ1) is 10.2. The molecule has 0 spiro atoms. The Kier molecular flexibility index (Phi) is 6.08. The van der Waals surface area contributed by atoms with Crippen molar-refractivity contribution in [2.45, 2.75) is 32.1 Å². The highest BCUT2D eigenvalue weighted by Crippen LogP contribution is 2.29. The van der Waals surface area contributed by atoms with Crippen LogP contribution in [0.3, 0.4) is 0 Å². The second-order valence-electron chi connectivity index (χ2n) is 5.19. The van der Waals surface area contributed by atoms with Crippen molar-refractivity contribution in [2.75, 3.05) is 11.9 Å². The van der Waals surface area contributed by atoms with E-state index in [1.807, 2.05) is 0 Å². The number of aliphatic hydroxyl groups is 1. The lowest BCUT2D eigenvalue weighted by Gasteiger charge is -2.22. The van der Waals surface area contributed by atoms with Gasteiger partial charge in [-0.25, -0.2) is 4.99 Å². The number of halogens is 1. The molecule has 0 aromatic heterocycles. The van der Waals surface area contributed by atoms with Crippen molar-refractivity contribution in [1.82, 2.24) is 0 Å². The number of allylic oxidation sites excluding steroid dienone is 1. The van der Waals surface area contributed by atoms with Gasteiger partial charge in [-0.05, 0) is 31.4 Å². The number of aliphatic imine (C=N–C) groups is 1. The van der Waals surface area contributed by atoms with Crippen LogP contribution < -0.4 is 5.32 Å². The number of rotatable bonds is 6. The highest BCUT2D eigenvalue weighted by atomic mass is 35.5. The molecule has 4 nitrogen and oxygen atoms in total. The van der Waals surface area contributed by atoms with E-state index in [2.05, 4.69) is 16.4 Å². The second-order valence-corrected chi connectivity index (χ2v) is 5.63. The summed E-state index contributed by atoms with van der Waals surface area (Å²) in [7, 11) is 0. The van der Waals surface area contributed by atoms with Gasteiger partial charge < -0.3 is 15.5 Å². The van der Waals surface area contributed by atoms with Crippen LogP contribution >= 0.6 is 11.6 Å². The molecule has 1 aromatic rings. The van der Waals surface area contributed by atoms with Gasteiger partial charge in [-0.1, -0.05) is 30.5 Å². The SMILES string of the molecule is OCCCCCC1CC=CN=C1Nc1ccc(Cl)cc1O. The maximum absolute atomic E-state index is 9.91. The van der Waals surface area contributed by atoms with Crippen LogP contribution in [-0.2, 0) is 0 Å². The van der Waals surface area contributed by atoms with E-state index < -0.39 is 0 Å². The summed E-state index contributed by atoms with van der Waals surface area (Å²) in [6, 6.07) is 5.00. The smallest absolute Gasteiger partial charge is 0.140 e. The Morgan fingerprint density at radius 2 is 2.14 bits per heavy atom. The molecular weight excluding hydrogens is 288 g/mol. The topological polar surface area (TPSA) is 64.9 Å². The molecule has 0 aliphatic carbocycles. The van der Waals surface area contributed by atoms with Crippen molar-refractivity contribution in [3.05, 3.63) is 35.5 Å². The molecule has 1 aliphatic rings. The highest BCUT2D eigenvalue weighted by molar-refractivity contribution is 6.30. The molecule has 3 N–H and O–H groups in total. The van der Waals surface area contributed by atoms with Crippen LogP contribution in [0.4, 0.5) is 5.69 Å². The second kappa shape index (κ2) is 8.05. The quantitative estimate of drug-likeness (QED) is 0.551. The van der Waals surface area contributed by atoms with Crippen LogP contribution in [0.2, 0.25) is 5.02 Å². The molecule has 1 aromatic carbocycles. The number of hydrogen-bond donors (Lipinski definition) is 3. The number of anilines is 1. The molecule has 5 heteroatoms. The van der Waals surface area contributed by atoms with Gasteiger partial charge in [0.05, 0.1) is 5.69 Å². The van der Waals surface area contributed by atoms with Crippen molar-refractivity contribution in [2.24, 2.45) is 10.9 Å². The van der Waals surface area contributed by atoms with Gasteiger partial charge in [0.25, 0.3) is 0 Å². The molecule has 0 amide bonds. The number of amidine groups is 1. The van der Waals surface area contributed by atoms with Gasteiger partial charge in [-0.15, -0.1) is 0 Å². The number of phenols is 1. The number of aromatic hydroxyl groups is 1. The number of hydrogen-bond acceptors (Lipinski definition) is 4. The van der Waals surface area contributed by atoms with Crippen LogP contribution in [0, 0.1) is 5.92 Å². The molecule has 0 radical (unpaired) electrons. The molecule has 1 atom stereocenters. The first kappa shape index (κ1) is 15.9. The summed E-state index contributed by atoms with van der Waals surface area (Å²) < 4.78 is 0. The third-order valence-corrected chi connectivity index (χ3v) is 3.79. The highest BCUT2D eigenvalue weighted by Gasteiger charge is 2.18. The van der Waals surface area contributed by atoms with Gasteiger partial charge in [-0.2, -0.15) is 0 Å². The zero-order chi connectivity index (χ0) is 15.1. The fourth-order valence-corrected chi connectivity index (χ4v) is 2.56. The number of nitrogens with zero attached hydrogens (tertiary/aromatic N) is 1. The third-order valence-electron chi connectivity index (χ3n) is 3.56. The maximum Gasteiger partial charge on any atom is 0.140 e. The van der Waals surface area contributed by atoms with Gasteiger partial charge in [0.2, 0.25) is 0 Å². The Hall–Kier alpha value is -1.52. The maximum atomic E-state index is 9.91. The molecule has 0 fully saturated rings. The number of unbranched alkanes of at least 4 members (excludes halogenated alkanes) is 2. The van der Waals surface area contributed by atoms with Crippen LogP contribution in [-0.4, -0.2) is 22.7 Å². The number of benzene rings is 1. The number of phenolic OH excluding ortho intramolecular Hbond substituents is 1. The van der Waals surface area contributed by atoms with E-state index in [4.69, 9.17) is 16.7 Å². The first-order valence-electron chi connectivity index (χ1n) is 7.30. The predicted molar refractivity (Wildman–Crippen MR) is 87.0 cm³/mol. The summed E-state index contributed by atoms with van der Waals surface area (Å²) >= 11 is 5.84. The van der Waals surface area contributed by atoms with Crippen molar-refractivity contribution in [1.29, 1.82) is 0 Å². The van der Waals surface area contributed by atoms with Gasteiger partial charge in [0.15, 0.2) is 0 Å². The largest absolute Gasteiger partial charge is 0.506 e. The average Bonchev–Trinajstić information content (AvgIpc) is 2.48. The average molecular weight is 309 g/mol. The Morgan fingerprint density at radius 1 is 1.29 bits per heavy atom. The molecule has 2 rings (SSSR count). The van der Waals surface area contributed by atoms with Crippen LogP contribution in [0.1, 0.15) is 32.1 Å². The summed E-state index contributed by atoms with van der Waals surface area (Å²) in [4.78, 5) is 4.40. The lowest BCUT2D eigenvalue weighted by Crippen LogP contribution is -2.24. The number of aliphatic hydroxyl groups excluding tert-OH is 1. The Labute approximate surface area is 130 Å². The van der Waals surface area contributed by atoms with E-state index in [9.17, 15) is 5.11 Å². The van der Waals surface area contributed by atoms with Gasteiger partial charge in [0, 0.05) is 29.8 Å². The van der Waals surface area contributed by atoms with Crippen LogP contribution in [0.15, 0.2) is 35.5 Å². The lowest BCUT2D eigenvalue weighted by atomic mass is 9.95. The van der Waals surface area contributed by atoms with Gasteiger partial charge >= 0.3 is 0 Å². The Bertz CT molecular complexity index is 529. The van der Waals surface area contributed by atoms with Crippen molar-refractivity contribution < 1.29 is 10.2 Å². The third kappa shape index (κ3) is 4.76. The van der Waals surface area contributed by atoms with E-state index in [0.29, 0.717) is 16.6 Å². The van der Waals surface area contributed by atoms with Gasteiger partial charge in [-0.3, -0.25) is 0 Å². The summed E-state index contributed by atoms with van der Waals surface area (Å²) in [5.74, 6) is 1.32. The Balaban J connectivity index is 1.98. The van der Waals surface area contributed by atoms with E-state index in [-0.39, 0.29) is 12.4 Å². The van der Waals surface area contributed by atoms with Crippen molar-refractivity contribution in [3.8, 4) is 5.75 Å². The van der Waals surface area contributed by atoms with Crippen LogP contribution in [0.25, 0.3) is 0 Å². The predicted octanol–water partition coefficient (Wildman–Crippen LogP) is 3.94. The zero-order valence-electron chi connectivity index (χ0n) is 11.9. The molecule has 0 bridgehead atoms. The van der Waals surface area contributed by atoms with Crippen molar-refractivity contribution in [3.63, 3.8) is 0 Å². The monoisotopic (exact) mass is 308 g/mol. The molecule has 1 heterocycles. The minimum absolute atomic E-state index is 0.124. The lowest BCUT2D eigenvalue weighted by molar-refractivity contribution is 0.281. The zero-order valence-corrected chi connectivity index (χ0v) is 12.7. The molecule has 0 saturated heterocycles. The summed E-state index contributed by atoms with van der Waals surface area (Å²) in [6.45, 7) is 0.252. The molecule has 0 saturated carbocycles. The van der Waals surface area contributed by atoms with E-state index in [1.54, 1.807) is 18.3 Å². The summed E-state index contributed by atoms with van der Waals surface area (Å²) in [5, 5.41) is 22.4. The van der Waals surface area contributed by atoms with Crippen molar-refractivity contribution >= 4 is 23.1 Å². The molecule has 21 heavy (non-hydrogen) atoms. The van der Waals surface area contributed by atoms with Crippen LogP contribution in [0.5, 0.6) is 5.75 Å². The molecule has 1 unspecified atom stereocenters. The molecule has 1 aliphatic heterocycles. The number of nitrogens with one attached hydrogen (secondary N) is 1. The first-order valence-corrected chi connectivity index (χ1v) is 7.67. The fourth-order valence-electron chi connectivity index (χ4n) is 2.39. The van der Waals surface area contributed by atoms with E-state index >= 15 is 0 Å². The Morgan fingerprint density at radius 3 is 2.90 bits per heavy atom. The van der Waals surface area contributed by atoms with E-state index in [1.165, 1.54) is 6.07 Å². The van der Waals surface area contributed by atoms with Gasteiger partial charge in [0.1, 0.15) is 11.6 Å². The standard InChI is InChI=1S/C16H21ClN2O2/c17-13-7-8-14(15(21)11-13)19-16-12(6-4-9-18-16)5-2-1-3-10-20/h4,7-9,11-12,20-21H,1-3,5-6,10H2,(H,18,19). The minimum Gasteiger partial charge on any atom is -0.506 e. The fraction of sp³-hybridized carbons (Fsp3) is 0.438.